The van der Waals surface area contributed by atoms with Crippen LogP contribution >= 0.6 is 0 Å². The fourth-order valence-corrected chi connectivity index (χ4v) is 2.31. The van der Waals surface area contributed by atoms with Crippen LogP contribution < -0.4 is 10.6 Å². The van der Waals surface area contributed by atoms with Gasteiger partial charge in [0.05, 0.1) is 11.4 Å². The number of hydrogen-bond acceptors (Lipinski definition) is 4. The Hall–Kier alpha value is -2.98. The molecule has 4 nitrogen and oxygen atoms in total. The minimum absolute atomic E-state index is 0.821. The quantitative estimate of drug-likeness (QED) is 0.660. The lowest BCUT2D eigenvalue weighted by Crippen LogP contribution is -1.96. The molecular weight excluding hydrogens is 260 g/mol. The van der Waals surface area contributed by atoms with Crippen LogP contribution in [0, 0.1) is 36.8 Å². The fourth-order valence-electron chi connectivity index (χ4n) is 2.31. The highest BCUT2D eigenvalue weighted by Gasteiger charge is 2.03. The Morgan fingerprint density at radius 1 is 0.810 bits per heavy atom. The second-order valence-electron chi connectivity index (χ2n) is 4.95. The summed E-state index contributed by atoms with van der Waals surface area (Å²) in [5.41, 5.74) is 6.16. The molecule has 0 aliphatic heterocycles. The van der Waals surface area contributed by atoms with E-state index in [4.69, 9.17) is 10.5 Å². The van der Waals surface area contributed by atoms with E-state index in [0.717, 1.165) is 28.9 Å². The summed E-state index contributed by atoms with van der Waals surface area (Å²) in [4.78, 5) is 0. The highest BCUT2D eigenvalue weighted by molar-refractivity contribution is 5.56. The van der Waals surface area contributed by atoms with Gasteiger partial charge >= 0.3 is 0 Å². The molecule has 0 aliphatic rings. The summed E-state index contributed by atoms with van der Waals surface area (Å²) < 4.78 is 0. The fraction of sp³-hybridized carbons (Fsp3) is 0.176. The lowest BCUT2D eigenvalue weighted by molar-refractivity contribution is 1.17. The van der Waals surface area contributed by atoms with Gasteiger partial charge in [0.1, 0.15) is 0 Å². The van der Waals surface area contributed by atoms with Gasteiger partial charge in [0.25, 0.3) is 0 Å². The van der Waals surface area contributed by atoms with Crippen molar-refractivity contribution < 1.29 is 0 Å². The smallest absolute Gasteiger partial charge is 0.181 e. The minimum atomic E-state index is 0.821. The molecule has 21 heavy (non-hydrogen) atoms. The minimum Gasteiger partial charge on any atom is -0.293 e. The molecule has 0 heterocycles. The molecule has 0 atom stereocenters. The van der Waals surface area contributed by atoms with Gasteiger partial charge in [0.15, 0.2) is 12.4 Å². The van der Waals surface area contributed by atoms with Crippen LogP contribution in [-0.4, -0.2) is 0 Å². The van der Waals surface area contributed by atoms with Crippen molar-refractivity contribution >= 4 is 11.4 Å². The lowest BCUT2D eigenvalue weighted by atomic mass is 10.0. The Morgan fingerprint density at radius 2 is 1.24 bits per heavy atom. The Kier molecular flexibility index (Phi) is 4.43. The van der Waals surface area contributed by atoms with E-state index in [1.165, 1.54) is 11.1 Å². The number of rotatable bonds is 4. The van der Waals surface area contributed by atoms with Crippen molar-refractivity contribution in [3.63, 3.8) is 0 Å². The summed E-state index contributed by atoms with van der Waals surface area (Å²) in [7, 11) is 0. The maximum atomic E-state index is 8.66. The molecule has 104 valence electrons. The van der Waals surface area contributed by atoms with E-state index >= 15 is 0 Å². The first kappa shape index (κ1) is 14.4. The predicted molar refractivity (Wildman–Crippen MR) is 83.6 cm³/mol. The molecule has 2 aromatic carbocycles. The Labute approximate surface area is 124 Å². The van der Waals surface area contributed by atoms with Crippen LogP contribution in [0.2, 0.25) is 0 Å². The molecule has 0 bridgehead atoms. The van der Waals surface area contributed by atoms with Gasteiger partial charge in [0, 0.05) is 0 Å². The molecule has 2 aromatic rings. The van der Waals surface area contributed by atoms with Gasteiger partial charge in [-0.1, -0.05) is 24.3 Å². The second kappa shape index (κ2) is 6.45. The summed E-state index contributed by atoms with van der Waals surface area (Å²) in [6.07, 6.45) is 4.69. The van der Waals surface area contributed by atoms with Gasteiger partial charge in [0.2, 0.25) is 0 Å². The zero-order chi connectivity index (χ0) is 15.2. The number of anilines is 2. The number of nitrogens with one attached hydrogen (secondary N) is 2. The van der Waals surface area contributed by atoms with Crippen molar-refractivity contribution in [1.29, 1.82) is 10.5 Å². The molecule has 0 radical (unpaired) electrons. The van der Waals surface area contributed by atoms with Gasteiger partial charge in [-0.25, -0.2) is 0 Å². The van der Waals surface area contributed by atoms with E-state index in [2.05, 4.69) is 22.8 Å². The summed E-state index contributed by atoms with van der Waals surface area (Å²) >= 11 is 0. The van der Waals surface area contributed by atoms with E-state index in [1.807, 2.05) is 50.5 Å². The van der Waals surface area contributed by atoms with E-state index in [0.29, 0.717) is 0 Å². The van der Waals surface area contributed by atoms with Crippen LogP contribution in [0.3, 0.4) is 0 Å². The lowest BCUT2D eigenvalue weighted by Gasteiger charge is -2.09. The number of nitriles is 2. The SMILES string of the molecule is Cc1cc(Cc2ccc(NC#N)c(C)c2)ccc1NC#N. The summed E-state index contributed by atoms with van der Waals surface area (Å²) in [6, 6.07) is 12.0. The van der Waals surface area contributed by atoms with Crippen LogP contribution in [-0.2, 0) is 6.42 Å². The normalized spacial score (nSPS) is 9.52. The zero-order valence-corrected chi connectivity index (χ0v) is 12.1. The molecule has 0 aromatic heterocycles. The van der Waals surface area contributed by atoms with Gasteiger partial charge in [-0.05, 0) is 54.7 Å². The maximum absolute atomic E-state index is 8.66. The molecule has 2 rings (SSSR count). The number of benzene rings is 2. The van der Waals surface area contributed by atoms with Crippen molar-refractivity contribution in [1.82, 2.24) is 0 Å². The van der Waals surface area contributed by atoms with Crippen LogP contribution in [0.1, 0.15) is 22.3 Å². The second-order valence-corrected chi connectivity index (χ2v) is 4.95. The number of aryl methyl sites for hydroxylation is 2. The van der Waals surface area contributed by atoms with Crippen molar-refractivity contribution in [3.8, 4) is 12.4 Å². The predicted octanol–water partition coefficient (Wildman–Crippen LogP) is 3.68. The van der Waals surface area contributed by atoms with Crippen LogP contribution in [0.25, 0.3) is 0 Å². The van der Waals surface area contributed by atoms with Crippen molar-refractivity contribution in [2.45, 2.75) is 20.3 Å². The first-order valence-electron chi connectivity index (χ1n) is 6.63. The monoisotopic (exact) mass is 276 g/mol. The molecule has 0 aliphatic carbocycles. The molecule has 2 N–H and O–H groups in total. The van der Waals surface area contributed by atoms with Gasteiger partial charge in [-0.2, -0.15) is 10.5 Å². The number of nitrogens with zero attached hydrogens (tertiary/aromatic N) is 2. The molecule has 0 saturated carbocycles. The molecule has 0 amide bonds. The van der Waals surface area contributed by atoms with Crippen molar-refractivity contribution in [3.05, 3.63) is 58.7 Å². The zero-order valence-electron chi connectivity index (χ0n) is 12.1. The first-order chi connectivity index (χ1) is 10.1. The summed E-state index contributed by atoms with van der Waals surface area (Å²) in [6.45, 7) is 3.96. The van der Waals surface area contributed by atoms with Crippen molar-refractivity contribution in [2.75, 3.05) is 10.6 Å². The molecule has 0 unspecified atom stereocenters. The van der Waals surface area contributed by atoms with Crippen LogP contribution in [0.15, 0.2) is 36.4 Å². The molecular formula is C17H16N4. The third-order valence-corrected chi connectivity index (χ3v) is 3.37. The highest BCUT2D eigenvalue weighted by atomic mass is 14.9. The highest BCUT2D eigenvalue weighted by Crippen LogP contribution is 2.21. The Bertz CT molecular complexity index is 672. The summed E-state index contributed by atoms with van der Waals surface area (Å²) in [5, 5.41) is 22.6. The van der Waals surface area contributed by atoms with E-state index < -0.39 is 0 Å². The average molecular weight is 276 g/mol. The van der Waals surface area contributed by atoms with Gasteiger partial charge < -0.3 is 0 Å². The maximum Gasteiger partial charge on any atom is 0.181 e. The number of hydrogen-bond donors (Lipinski definition) is 2. The summed E-state index contributed by atoms with van der Waals surface area (Å²) in [5.74, 6) is 0. The third kappa shape index (κ3) is 3.52. The van der Waals surface area contributed by atoms with Crippen molar-refractivity contribution in [2.24, 2.45) is 0 Å². The van der Waals surface area contributed by atoms with Crippen LogP contribution in [0.5, 0.6) is 0 Å². The van der Waals surface area contributed by atoms with E-state index in [1.54, 1.807) is 0 Å². The molecule has 4 heteroatoms. The Balaban J connectivity index is 2.19. The molecule has 0 fully saturated rings. The first-order valence-corrected chi connectivity index (χ1v) is 6.63. The Morgan fingerprint density at radius 3 is 1.57 bits per heavy atom. The molecule has 0 saturated heterocycles. The topological polar surface area (TPSA) is 71.6 Å². The third-order valence-electron chi connectivity index (χ3n) is 3.37. The van der Waals surface area contributed by atoms with E-state index in [9.17, 15) is 0 Å². The van der Waals surface area contributed by atoms with Gasteiger partial charge in [-0.3, -0.25) is 10.6 Å². The average Bonchev–Trinajstić information content (AvgIpc) is 2.45. The van der Waals surface area contributed by atoms with Crippen LogP contribution in [0.4, 0.5) is 11.4 Å². The largest absolute Gasteiger partial charge is 0.293 e. The standard InChI is InChI=1S/C17H16N4/c1-12-7-14(3-5-16(12)20-10-18)9-15-4-6-17(21-11-19)13(2)8-15/h3-8,20-21H,9H2,1-2H3. The van der Waals surface area contributed by atoms with Gasteiger partial charge in [-0.15, -0.1) is 0 Å². The van der Waals surface area contributed by atoms with E-state index in [-0.39, 0.29) is 0 Å². The molecule has 0 spiro atoms.